The summed E-state index contributed by atoms with van der Waals surface area (Å²) in [6.45, 7) is 4.60. The van der Waals surface area contributed by atoms with E-state index in [4.69, 9.17) is 12.2 Å². The first-order valence-electron chi connectivity index (χ1n) is 7.05. The van der Waals surface area contributed by atoms with Gasteiger partial charge in [-0.3, -0.25) is 4.79 Å². The number of likely N-dealkylation sites (tertiary alicyclic amines) is 1. The van der Waals surface area contributed by atoms with Gasteiger partial charge in [0.05, 0.1) is 0 Å². The molecule has 0 bridgehead atoms. The molecule has 1 heterocycles. The molecule has 0 aliphatic carbocycles. The van der Waals surface area contributed by atoms with E-state index >= 15 is 0 Å². The average molecular weight is 308 g/mol. The second-order valence-electron chi connectivity index (χ2n) is 4.76. The quantitative estimate of drug-likeness (QED) is 0.766. The van der Waals surface area contributed by atoms with E-state index in [0.717, 1.165) is 18.8 Å². The summed E-state index contributed by atoms with van der Waals surface area (Å²) in [7, 11) is 0. The number of thiocarbonyl (C=S) groups is 1. The molecule has 1 aliphatic heterocycles. The van der Waals surface area contributed by atoms with Crippen molar-refractivity contribution >= 4 is 39.2 Å². The number of benzene rings is 1. The maximum Gasteiger partial charge on any atom is 0.293 e. The van der Waals surface area contributed by atoms with Gasteiger partial charge in [-0.25, -0.2) is 0 Å². The molecular weight excluding hydrogens is 288 g/mol. The second-order valence-corrected chi connectivity index (χ2v) is 6.35. The summed E-state index contributed by atoms with van der Waals surface area (Å²) in [6, 6.07) is 9.74. The first-order chi connectivity index (χ1) is 9.72. The smallest absolute Gasteiger partial charge is 0.293 e. The Balaban J connectivity index is 1.97. The second kappa shape index (κ2) is 7.64. The standard InChI is InChI=1S/C15H20N2OS2/c1-2-17(13-9-5-3-6-10-13)14(18)20-15(19)16-11-7-4-8-12-16/h3,5-6,9-10H,2,4,7-8,11-12H2,1H3. The maximum atomic E-state index is 12.4. The van der Waals surface area contributed by atoms with Gasteiger partial charge in [0.25, 0.3) is 5.24 Å². The van der Waals surface area contributed by atoms with Gasteiger partial charge in [-0.2, -0.15) is 0 Å². The Kier molecular flexibility index (Phi) is 5.86. The number of thioether (sulfide) groups is 1. The van der Waals surface area contributed by atoms with Crippen molar-refractivity contribution in [1.29, 1.82) is 0 Å². The Morgan fingerprint density at radius 1 is 1.25 bits per heavy atom. The Morgan fingerprint density at radius 3 is 2.50 bits per heavy atom. The largest absolute Gasteiger partial charge is 0.357 e. The molecule has 20 heavy (non-hydrogen) atoms. The van der Waals surface area contributed by atoms with Gasteiger partial charge in [-0.15, -0.1) is 0 Å². The molecule has 0 unspecified atom stereocenters. The minimum Gasteiger partial charge on any atom is -0.357 e. The lowest BCUT2D eigenvalue weighted by molar-refractivity contribution is 0.265. The Hall–Kier alpha value is -1.07. The number of amides is 1. The normalized spacial score (nSPS) is 14.9. The lowest BCUT2D eigenvalue weighted by atomic mass is 10.1. The van der Waals surface area contributed by atoms with Crippen LogP contribution in [-0.2, 0) is 0 Å². The summed E-state index contributed by atoms with van der Waals surface area (Å²) in [5, 5.41) is 0.00859. The van der Waals surface area contributed by atoms with Crippen molar-refractivity contribution in [2.75, 3.05) is 24.5 Å². The van der Waals surface area contributed by atoms with Crippen molar-refractivity contribution in [3.05, 3.63) is 30.3 Å². The van der Waals surface area contributed by atoms with Crippen molar-refractivity contribution in [3.63, 3.8) is 0 Å². The zero-order valence-corrected chi connectivity index (χ0v) is 13.4. The first kappa shape index (κ1) is 15.3. The van der Waals surface area contributed by atoms with E-state index in [1.807, 2.05) is 37.3 Å². The van der Waals surface area contributed by atoms with Crippen molar-refractivity contribution in [1.82, 2.24) is 4.90 Å². The van der Waals surface area contributed by atoms with Crippen LogP contribution < -0.4 is 4.90 Å². The SMILES string of the molecule is CCN(C(=O)SC(=S)N1CCCCC1)c1ccccc1. The molecule has 1 aliphatic rings. The number of piperidine rings is 1. The third-order valence-electron chi connectivity index (χ3n) is 3.39. The molecule has 1 aromatic rings. The zero-order chi connectivity index (χ0) is 14.4. The molecule has 0 aromatic heterocycles. The molecule has 1 fully saturated rings. The molecule has 0 saturated carbocycles. The van der Waals surface area contributed by atoms with E-state index < -0.39 is 0 Å². The molecule has 2 rings (SSSR count). The average Bonchev–Trinajstić information content (AvgIpc) is 2.50. The van der Waals surface area contributed by atoms with Gasteiger partial charge in [0.15, 0.2) is 0 Å². The van der Waals surface area contributed by atoms with Crippen molar-refractivity contribution in [2.24, 2.45) is 0 Å². The van der Waals surface area contributed by atoms with E-state index in [1.54, 1.807) is 4.90 Å². The maximum absolute atomic E-state index is 12.4. The van der Waals surface area contributed by atoms with Crippen LogP contribution in [-0.4, -0.2) is 34.1 Å². The molecule has 1 aromatic carbocycles. The van der Waals surface area contributed by atoms with Crippen LogP contribution in [0.25, 0.3) is 0 Å². The summed E-state index contributed by atoms with van der Waals surface area (Å²) in [5.74, 6) is 0. The van der Waals surface area contributed by atoms with Crippen LogP contribution in [0.5, 0.6) is 0 Å². The molecule has 0 N–H and O–H groups in total. The van der Waals surface area contributed by atoms with Crippen LogP contribution in [0.2, 0.25) is 0 Å². The van der Waals surface area contributed by atoms with Crippen molar-refractivity contribution in [2.45, 2.75) is 26.2 Å². The lowest BCUT2D eigenvalue weighted by Gasteiger charge is -2.29. The fourth-order valence-corrected chi connectivity index (χ4v) is 3.50. The third kappa shape index (κ3) is 3.96. The number of carbonyl (C=O) groups is 1. The number of anilines is 1. The summed E-state index contributed by atoms with van der Waals surface area (Å²) >= 11 is 6.59. The number of hydrogen-bond donors (Lipinski definition) is 0. The van der Waals surface area contributed by atoms with Gasteiger partial charge >= 0.3 is 0 Å². The molecule has 108 valence electrons. The summed E-state index contributed by atoms with van der Waals surface area (Å²) in [5.41, 5.74) is 0.925. The van der Waals surface area contributed by atoms with Gasteiger partial charge in [-0.05, 0) is 38.3 Å². The zero-order valence-electron chi connectivity index (χ0n) is 11.7. The predicted octanol–water partition coefficient (Wildman–Crippen LogP) is 4.14. The molecule has 0 radical (unpaired) electrons. The molecule has 5 heteroatoms. The molecule has 1 saturated heterocycles. The molecule has 0 atom stereocenters. The lowest BCUT2D eigenvalue weighted by Crippen LogP contribution is -2.35. The Labute approximate surface area is 130 Å². The van der Waals surface area contributed by atoms with Gasteiger partial charge in [0.1, 0.15) is 4.32 Å². The van der Waals surface area contributed by atoms with E-state index in [9.17, 15) is 4.79 Å². The van der Waals surface area contributed by atoms with Gasteiger partial charge in [0, 0.05) is 37.1 Å². The predicted molar refractivity (Wildman–Crippen MR) is 90.5 cm³/mol. The summed E-state index contributed by atoms with van der Waals surface area (Å²) in [6.07, 6.45) is 3.61. The molecule has 3 nitrogen and oxygen atoms in total. The summed E-state index contributed by atoms with van der Waals surface area (Å²) < 4.78 is 0.712. The fourth-order valence-electron chi connectivity index (χ4n) is 2.30. The van der Waals surface area contributed by atoms with Crippen molar-refractivity contribution in [3.8, 4) is 0 Å². The van der Waals surface area contributed by atoms with Gasteiger partial charge < -0.3 is 9.80 Å². The highest BCUT2D eigenvalue weighted by Gasteiger charge is 2.21. The highest BCUT2D eigenvalue weighted by atomic mass is 32.2. The molecule has 0 spiro atoms. The van der Waals surface area contributed by atoms with Crippen LogP contribution in [0, 0.1) is 0 Å². The van der Waals surface area contributed by atoms with Crippen LogP contribution in [0.4, 0.5) is 10.5 Å². The number of nitrogens with zero attached hydrogens (tertiary/aromatic N) is 2. The number of rotatable bonds is 2. The molecular formula is C15H20N2OS2. The van der Waals surface area contributed by atoms with E-state index in [0.29, 0.717) is 10.9 Å². The number of carbonyl (C=O) groups excluding carboxylic acids is 1. The summed E-state index contributed by atoms with van der Waals surface area (Å²) in [4.78, 5) is 16.3. The highest BCUT2D eigenvalue weighted by molar-refractivity contribution is 8.32. The number of hydrogen-bond acceptors (Lipinski definition) is 3. The van der Waals surface area contributed by atoms with Crippen LogP contribution in [0.1, 0.15) is 26.2 Å². The Bertz CT molecular complexity index is 458. The van der Waals surface area contributed by atoms with Crippen molar-refractivity contribution < 1.29 is 4.79 Å². The first-order valence-corrected chi connectivity index (χ1v) is 8.28. The van der Waals surface area contributed by atoms with E-state index in [1.165, 1.54) is 31.0 Å². The monoisotopic (exact) mass is 308 g/mol. The van der Waals surface area contributed by atoms with Gasteiger partial charge in [-0.1, -0.05) is 30.4 Å². The van der Waals surface area contributed by atoms with Crippen LogP contribution in [0.15, 0.2) is 30.3 Å². The fraction of sp³-hybridized carbons (Fsp3) is 0.467. The van der Waals surface area contributed by atoms with Crippen LogP contribution >= 0.6 is 24.0 Å². The molecule has 1 amide bonds. The number of para-hydroxylation sites is 1. The minimum atomic E-state index is 0.00859. The highest BCUT2D eigenvalue weighted by Crippen LogP contribution is 2.22. The minimum absolute atomic E-state index is 0.00859. The Morgan fingerprint density at radius 2 is 1.90 bits per heavy atom. The van der Waals surface area contributed by atoms with E-state index in [2.05, 4.69) is 4.90 Å². The third-order valence-corrected chi connectivity index (χ3v) is 4.73. The van der Waals surface area contributed by atoms with Crippen LogP contribution in [0.3, 0.4) is 0 Å². The van der Waals surface area contributed by atoms with E-state index in [-0.39, 0.29) is 5.24 Å². The van der Waals surface area contributed by atoms with Gasteiger partial charge in [0.2, 0.25) is 0 Å². The topological polar surface area (TPSA) is 23.6 Å².